The van der Waals surface area contributed by atoms with E-state index in [0.29, 0.717) is 0 Å². The maximum Gasteiger partial charge on any atom is 0.187 e. The number of rotatable bonds is 0. The molecular formula is H3AlCeCuFeLa. The molecule has 2 radical (unpaired) electrons. The first-order valence-electron chi connectivity index (χ1n) is 0. The van der Waals surface area contributed by atoms with Crippen molar-refractivity contribution in [3.05, 3.63) is 0 Å². The van der Waals surface area contributed by atoms with Crippen LogP contribution in [0.4, 0.5) is 0 Å². The Bertz CT molecular complexity index is 11.6. The quantitative estimate of drug-likeness (QED) is 0.426. The van der Waals surface area contributed by atoms with Crippen molar-refractivity contribution in [3.8, 4) is 0 Å². The van der Waals surface area contributed by atoms with Crippen LogP contribution in [0.1, 0.15) is 0 Å². The van der Waals surface area contributed by atoms with Gasteiger partial charge in [0.05, 0.1) is 0 Å². The molecule has 0 aromatic carbocycles. The predicted molar refractivity (Wildman–Crippen MR) is 9.94 cm³/mol. The third-order valence-corrected chi connectivity index (χ3v) is 0. The summed E-state index contributed by atoms with van der Waals surface area (Å²) in [6.45, 7) is 0. The molecule has 0 saturated carbocycles. The molecule has 5 heavy (non-hydrogen) atoms. The van der Waals surface area contributed by atoms with Gasteiger partial charge in [-0.2, -0.15) is 0 Å². The van der Waals surface area contributed by atoms with Gasteiger partial charge < -0.3 is 0 Å². The molecule has 0 aliphatic carbocycles. The Kier molecular flexibility index (Phi) is 171. The van der Waals surface area contributed by atoms with Crippen LogP contribution in [0, 0.1) is 77.3 Å². The van der Waals surface area contributed by atoms with Crippen molar-refractivity contribution in [3.63, 3.8) is 0 Å². The van der Waals surface area contributed by atoms with Crippen molar-refractivity contribution in [2.45, 2.75) is 0 Å². The van der Waals surface area contributed by atoms with Crippen molar-refractivity contribution in [2.75, 3.05) is 0 Å². The fourth-order valence-corrected chi connectivity index (χ4v) is 0. The van der Waals surface area contributed by atoms with Crippen molar-refractivity contribution < 1.29 is 111 Å². The summed E-state index contributed by atoms with van der Waals surface area (Å²) in [7, 11) is 0. The van der Waals surface area contributed by atoms with E-state index < -0.39 is 0 Å². The number of hydrogen-bond donors (Lipinski definition) is 0. The van der Waals surface area contributed by atoms with Gasteiger partial charge in [0.2, 0.25) is 0 Å². The van der Waals surface area contributed by atoms with Gasteiger partial charge in [0.1, 0.15) is 0 Å². The van der Waals surface area contributed by atoms with E-state index in [2.05, 4.69) is 0 Å². The SMILES string of the molecule is [AlH3].[Ce].[Cu].[Fe].[La]. The van der Waals surface area contributed by atoms with E-state index in [1.54, 1.807) is 0 Å². The Morgan fingerprint density at radius 3 is 1.00 bits per heavy atom. The van der Waals surface area contributed by atoms with Gasteiger partial charge in [0.25, 0.3) is 0 Å². The summed E-state index contributed by atoms with van der Waals surface area (Å²) in [5.74, 6) is 0. The first-order chi connectivity index (χ1) is 0. The summed E-state index contributed by atoms with van der Waals surface area (Å²) in [5.41, 5.74) is 0. The zero-order chi connectivity index (χ0) is 0. The molecule has 0 amide bonds. The largest absolute Gasteiger partial charge is 0.187 e. The molecule has 0 aliphatic heterocycles. The van der Waals surface area contributed by atoms with Gasteiger partial charge in [-0.05, 0) is 0 Å². The van der Waals surface area contributed by atoms with Crippen LogP contribution >= 0.6 is 0 Å². The molecular weight excluding hydrogens is 425 g/mol. The molecule has 0 atom stereocenters. The Labute approximate surface area is 125 Å². The molecule has 0 spiro atoms. The van der Waals surface area contributed by atoms with Crippen LogP contribution in [0.5, 0.6) is 0 Å². The summed E-state index contributed by atoms with van der Waals surface area (Å²) < 4.78 is 0. The fraction of sp³-hybridized carbons (Fsp3) is 0. The van der Waals surface area contributed by atoms with E-state index in [1.165, 1.54) is 0 Å². The van der Waals surface area contributed by atoms with Gasteiger partial charge in [-0.3, -0.25) is 0 Å². The van der Waals surface area contributed by atoms with E-state index >= 15 is 0 Å². The maximum absolute atomic E-state index is 0. The molecule has 0 N–H and O–H groups in total. The average Bonchev–Trinajstić information content (AvgIpc) is 0. The molecule has 0 saturated heterocycles. The van der Waals surface area contributed by atoms with E-state index in [0.717, 1.165) is 0 Å². The standard InChI is InChI=1S/Al.Ce.Cu.Fe.La.3H. The molecule has 0 aromatic rings. The van der Waals surface area contributed by atoms with E-state index in [9.17, 15) is 0 Å². The molecule has 0 nitrogen and oxygen atoms in total. The zero-order valence-electron chi connectivity index (χ0n) is 1.73. The normalized spacial score (nSPS) is 0. The van der Waals surface area contributed by atoms with Gasteiger partial charge in [-0.15, -0.1) is 0 Å². The Morgan fingerprint density at radius 1 is 1.00 bits per heavy atom. The molecule has 0 aromatic heterocycles. The van der Waals surface area contributed by atoms with Crippen LogP contribution in [-0.2, 0) is 34.1 Å². The van der Waals surface area contributed by atoms with Crippen molar-refractivity contribution in [2.24, 2.45) is 0 Å². The molecule has 0 heterocycles. The van der Waals surface area contributed by atoms with Gasteiger partial charge in [-0.1, -0.05) is 0 Å². The molecule has 32 valence electrons. The smallest absolute Gasteiger partial charge is 0 e. The molecule has 0 fully saturated rings. The average molecular weight is 428 g/mol. The minimum absolute atomic E-state index is 0. The van der Waals surface area contributed by atoms with Gasteiger partial charge in [-0.25, -0.2) is 0 Å². The fourth-order valence-electron chi connectivity index (χ4n) is 0. The van der Waals surface area contributed by atoms with Crippen LogP contribution < -0.4 is 0 Å². The van der Waals surface area contributed by atoms with E-state index in [4.69, 9.17) is 0 Å². The van der Waals surface area contributed by atoms with Crippen molar-refractivity contribution in [1.29, 1.82) is 0 Å². The second kappa shape index (κ2) is 24.2. The van der Waals surface area contributed by atoms with Crippen LogP contribution in [0.2, 0.25) is 0 Å². The van der Waals surface area contributed by atoms with Crippen LogP contribution in [0.3, 0.4) is 0 Å². The van der Waals surface area contributed by atoms with Crippen LogP contribution in [0.15, 0.2) is 0 Å². The first kappa shape index (κ1) is 35.3. The third-order valence-electron chi connectivity index (χ3n) is 0. The Hall–Kier alpha value is 4.14. The third kappa shape index (κ3) is 17.9. The molecule has 0 bridgehead atoms. The minimum Gasteiger partial charge on any atom is 0 e. The molecule has 0 unspecified atom stereocenters. The topological polar surface area (TPSA) is 0 Å². The zero-order valence-corrected chi connectivity index (χ0v) is 10.5. The van der Waals surface area contributed by atoms with Gasteiger partial charge in [0, 0.05) is 111 Å². The van der Waals surface area contributed by atoms with Gasteiger partial charge >= 0.3 is 0 Å². The van der Waals surface area contributed by atoms with E-state index in [1.807, 2.05) is 0 Å². The van der Waals surface area contributed by atoms with Crippen molar-refractivity contribution >= 4 is 17.4 Å². The Balaban J connectivity index is 0. The number of hydrogen-bond acceptors (Lipinski definition) is 0. The maximum atomic E-state index is 0. The molecule has 5 heteroatoms. The predicted octanol–water partition coefficient (Wildman–Crippen LogP) is -1.19. The van der Waals surface area contributed by atoms with Gasteiger partial charge in [0.15, 0.2) is 17.4 Å². The second-order valence-corrected chi connectivity index (χ2v) is 0. The minimum atomic E-state index is 0. The summed E-state index contributed by atoms with van der Waals surface area (Å²) in [4.78, 5) is 0. The summed E-state index contributed by atoms with van der Waals surface area (Å²) in [6.07, 6.45) is 0. The first-order valence-corrected chi connectivity index (χ1v) is 0. The Morgan fingerprint density at radius 2 is 1.00 bits per heavy atom. The molecule has 0 aliphatic rings. The van der Waals surface area contributed by atoms with E-state index in [-0.39, 0.29) is 129 Å². The van der Waals surface area contributed by atoms with Crippen molar-refractivity contribution in [1.82, 2.24) is 0 Å². The monoisotopic (exact) mass is 428 g/mol. The van der Waals surface area contributed by atoms with Crippen LogP contribution in [-0.4, -0.2) is 17.4 Å². The molecule has 0 rings (SSSR count). The summed E-state index contributed by atoms with van der Waals surface area (Å²) in [5, 5.41) is 0. The summed E-state index contributed by atoms with van der Waals surface area (Å²) >= 11 is 0. The van der Waals surface area contributed by atoms with Crippen LogP contribution in [0.25, 0.3) is 0 Å². The second-order valence-electron chi connectivity index (χ2n) is 0. The summed E-state index contributed by atoms with van der Waals surface area (Å²) in [6, 6.07) is 0.